The van der Waals surface area contributed by atoms with E-state index in [2.05, 4.69) is 44.1 Å². The summed E-state index contributed by atoms with van der Waals surface area (Å²) in [5.41, 5.74) is 0.216. The van der Waals surface area contributed by atoms with Crippen molar-refractivity contribution in [1.82, 2.24) is 9.80 Å². The Morgan fingerprint density at radius 1 is 1.44 bits per heavy atom. The molecule has 0 spiro atoms. The first kappa shape index (κ1) is 13.4. The fourth-order valence-corrected chi connectivity index (χ4v) is 2.46. The Balaban J connectivity index is 2.52. The van der Waals surface area contributed by atoms with Crippen LogP contribution in [0.25, 0.3) is 0 Å². The van der Waals surface area contributed by atoms with E-state index in [1.807, 2.05) is 0 Å². The van der Waals surface area contributed by atoms with E-state index in [4.69, 9.17) is 0 Å². The van der Waals surface area contributed by atoms with Gasteiger partial charge >= 0.3 is 0 Å². The van der Waals surface area contributed by atoms with E-state index in [9.17, 15) is 4.79 Å². The number of carbonyl (C=O) groups excluding carboxylic acids is 1. The number of nitrogens with zero attached hydrogens (tertiary/aromatic N) is 2. The second-order valence-corrected chi connectivity index (χ2v) is 5.62. The number of ketones is 1. The minimum Gasteiger partial charge on any atom is -0.293 e. The molecule has 0 unspecified atom stereocenters. The summed E-state index contributed by atoms with van der Waals surface area (Å²) < 4.78 is 0. The van der Waals surface area contributed by atoms with Crippen LogP contribution in [0.2, 0.25) is 0 Å². The monoisotopic (exact) mass is 224 g/mol. The largest absolute Gasteiger partial charge is 0.293 e. The molecule has 1 heterocycles. The van der Waals surface area contributed by atoms with Gasteiger partial charge in [-0.3, -0.25) is 14.6 Å². The van der Waals surface area contributed by atoms with Gasteiger partial charge in [0.05, 0.1) is 6.54 Å². The SMILES string of the molecule is C=CC(=O)CN1CCN(C(C)(C)C)[C@@H](C)C1. The van der Waals surface area contributed by atoms with Crippen molar-refractivity contribution < 1.29 is 4.79 Å². The van der Waals surface area contributed by atoms with Crippen LogP contribution >= 0.6 is 0 Å². The zero-order chi connectivity index (χ0) is 12.3. The molecule has 0 aliphatic carbocycles. The molecule has 16 heavy (non-hydrogen) atoms. The summed E-state index contributed by atoms with van der Waals surface area (Å²) in [5.74, 6) is 0.122. The Labute approximate surface area is 99.1 Å². The van der Waals surface area contributed by atoms with Crippen LogP contribution in [0.3, 0.4) is 0 Å². The maximum Gasteiger partial charge on any atom is 0.169 e. The molecule has 0 aromatic rings. The number of hydrogen-bond donors (Lipinski definition) is 0. The van der Waals surface area contributed by atoms with Crippen LogP contribution in [-0.2, 0) is 4.79 Å². The average molecular weight is 224 g/mol. The van der Waals surface area contributed by atoms with E-state index in [0.29, 0.717) is 12.6 Å². The quantitative estimate of drug-likeness (QED) is 0.680. The highest BCUT2D eigenvalue weighted by atomic mass is 16.1. The van der Waals surface area contributed by atoms with Crippen LogP contribution in [0.15, 0.2) is 12.7 Å². The van der Waals surface area contributed by atoms with Crippen molar-refractivity contribution in [3.8, 4) is 0 Å². The van der Waals surface area contributed by atoms with Gasteiger partial charge in [-0.2, -0.15) is 0 Å². The zero-order valence-electron chi connectivity index (χ0n) is 11.0. The maximum atomic E-state index is 11.3. The van der Waals surface area contributed by atoms with Gasteiger partial charge in [0, 0.05) is 31.2 Å². The van der Waals surface area contributed by atoms with E-state index < -0.39 is 0 Å². The van der Waals surface area contributed by atoms with E-state index in [1.165, 1.54) is 6.08 Å². The predicted octanol–water partition coefficient (Wildman–Crippen LogP) is 1.55. The molecule has 0 radical (unpaired) electrons. The van der Waals surface area contributed by atoms with Crippen LogP contribution in [0.1, 0.15) is 27.7 Å². The van der Waals surface area contributed by atoms with Crippen molar-refractivity contribution in [2.24, 2.45) is 0 Å². The van der Waals surface area contributed by atoms with Crippen molar-refractivity contribution in [2.45, 2.75) is 39.3 Å². The average Bonchev–Trinajstić information content (AvgIpc) is 2.15. The molecule has 0 aromatic carbocycles. The van der Waals surface area contributed by atoms with Gasteiger partial charge in [0.15, 0.2) is 5.78 Å². The third-order valence-corrected chi connectivity index (χ3v) is 3.18. The summed E-state index contributed by atoms with van der Waals surface area (Å²) in [5, 5.41) is 0. The van der Waals surface area contributed by atoms with Crippen molar-refractivity contribution in [3.05, 3.63) is 12.7 Å². The van der Waals surface area contributed by atoms with E-state index in [-0.39, 0.29) is 11.3 Å². The molecule has 1 aliphatic rings. The number of carbonyl (C=O) groups is 1. The lowest BCUT2D eigenvalue weighted by Crippen LogP contribution is -2.58. The highest BCUT2D eigenvalue weighted by molar-refractivity contribution is 5.90. The van der Waals surface area contributed by atoms with Gasteiger partial charge in [-0.1, -0.05) is 6.58 Å². The van der Waals surface area contributed by atoms with Crippen molar-refractivity contribution in [2.75, 3.05) is 26.2 Å². The Morgan fingerprint density at radius 3 is 2.50 bits per heavy atom. The van der Waals surface area contributed by atoms with Gasteiger partial charge in [-0.25, -0.2) is 0 Å². The number of rotatable bonds is 3. The number of hydrogen-bond acceptors (Lipinski definition) is 3. The fourth-order valence-electron chi connectivity index (χ4n) is 2.46. The second-order valence-electron chi connectivity index (χ2n) is 5.62. The van der Waals surface area contributed by atoms with Gasteiger partial charge in [0.1, 0.15) is 0 Å². The van der Waals surface area contributed by atoms with Crippen LogP contribution in [-0.4, -0.2) is 53.3 Å². The molecule has 0 amide bonds. The van der Waals surface area contributed by atoms with Crippen molar-refractivity contribution >= 4 is 5.78 Å². The minimum atomic E-state index is 0.122. The Kier molecular flexibility index (Phi) is 4.28. The highest BCUT2D eigenvalue weighted by Gasteiger charge is 2.31. The summed E-state index contributed by atoms with van der Waals surface area (Å²) in [6.07, 6.45) is 1.42. The first-order valence-corrected chi connectivity index (χ1v) is 5.99. The third kappa shape index (κ3) is 3.42. The molecule has 1 atom stereocenters. The van der Waals surface area contributed by atoms with Crippen LogP contribution < -0.4 is 0 Å². The lowest BCUT2D eigenvalue weighted by atomic mass is 10.0. The molecule has 1 saturated heterocycles. The maximum absolute atomic E-state index is 11.3. The van der Waals surface area contributed by atoms with E-state index in [0.717, 1.165) is 19.6 Å². The predicted molar refractivity (Wildman–Crippen MR) is 67.6 cm³/mol. The highest BCUT2D eigenvalue weighted by Crippen LogP contribution is 2.20. The van der Waals surface area contributed by atoms with Gasteiger partial charge in [-0.05, 0) is 33.8 Å². The topological polar surface area (TPSA) is 23.6 Å². The molecule has 1 rings (SSSR count). The minimum absolute atomic E-state index is 0.122. The van der Waals surface area contributed by atoms with Crippen LogP contribution in [0, 0.1) is 0 Å². The van der Waals surface area contributed by atoms with Gasteiger partial charge in [0.2, 0.25) is 0 Å². The van der Waals surface area contributed by atoms with E-state index in [1.54, 1.807) is 0 Å². The Morgan fingerprint density at radius 2 is 2.06 bits per heavy atom. The fraction of sp³-hybridized carbons (Fsp3) is 0.769. The standard InChI is InChI=1S/C13H24N2O/c1-6-12(16)10-14-7-8-15(11(2)9-14)13(3,4)5/h6,11H,1,7-10H2,2-5H3/t11-/m0/s1. The molecule has 0 bridgehead atoms. The Hall–Kier alpha value is -0.670. The molecule has 92 valence electrons. The van der Waals surface area contributed by atoms with Crippen molar-refractivity contribution in [1.29, 1.82) is 0 Å². The smallest absolute Gasteiger partial charge is 0.169 e. The molecule has 1 fully saturated rings. The first-order valence-electron chi connectivity index (χ1n) is 5.99. The molecular formula is C13H24N2O. The summed E-state index contributed by atoms with van der Waals surface area (Å²) >= 11 is 0. The van der Waals surface area contributed by atoms with Gasteiger partial charge in [-0.15, -0.1) is 0 Å². The lowest BCUT2D eigenvalue weighted by Gasteiger charge is -2.46. The summed E-state index contributed by atoms with van der Waals surface area (Å²) in [6.45, 7) is 16.0. The van der Waals surface area contributed by atoms with Crippen LogP contribution in [0.4, 0.5) is 0 Å². The molecule has 0 N–H and O–H groups in total. The first-order chi connectivity index (χ1) is 7.34. The third-order valence-electron chi connectivity index (χ3n) is 3.18. The van der Waals surface area contributed by atoms with Crippen molar-refractivity contribution in [3.63, 3.8) is 0 Å². The molecule has 0 saturated carbocycles. The summed E-state index contributed by atoms with van der Waals surface area (Å²) in [7, 11) is 0. The van der Waals surface area contributed by atoms with Crippen LogP contribution in [0.5, 0.6) is 0 Å². The summed E-state index contributed by atoms with van der Waals surface area (Å²) in [6, 6.07) is 0.506. The summed E-state index contributed by atoms with van der Waals surface area (Å²) in [4.78, 5) is 16.0. The molecular weight excluding hydrogens is 200 g/mol. The normalized spacial score (nSPS) is 24.4. The molecule has 3 heteroatoms. The van der Waals surface area contributed by atoms with Gasteiger partial charge in [0.25, 0.3) is 0 Å². The molecule has 1 aliphatic heterocycles. The Bertz CT molecular complexity index is 268. The molecule has 0 aromatic heterocycles. The lowest BCUT2D eigenvalue weighted by molar-refractivity contribution is -0.116. The number of piperazine rings is 1. The van der Waals surface area contributed by atoms with E-state index >= 15 is 0 Å². The zero-order valence-corrected chi connectivity index (χ0v) is 11.0. The second kappa shape index (κ2) is 5.11. The van der Waals surface area contributed by atoms with Gasteiger partial charge < -0.3 is 0 Å². The molecule has 3 nitrogen and oxygen atoms in total.